The van der Waals surface area contributed by atoms with Crippen LogP contribution in [0, 0.1) is 0 Å². The molecule has 1 aliphatic rings. The molecule has 0 saturated carbocycles. The molecule has 0 fully saturated rings. The molecule has 0 aliphatic carbocycles. The molecule has 6 nitrogen and oxygen atoms in total. The fourth-order valence-electron chi connectivity index (χ4n) is 4.47. The van der Waals surface area contributed by atoms with Crippen LogP contribution in [0.1, 0.15) is 58.5 Å². The molecular weight excluding hydrogens is 432 g/mol. The van der Waals surface area contributed by atoms with E-state index in [9.17, 15) is 19.2 Å². The SMILES string of the molecule is CC(=O)c1cc2c3cccc2c(c1C(C)=O)-c1ccccc1CC(=O)OCCCCOC(=O)C3. The van der Waals surface area contributed by atoms with E-state index in [1.165, 1.54) is 13.8 Å². The van der Waals surface area contributed by atoms with Crippen molar-refractivity contribution in [2.45, 2.75) is 39.5 Å². The summed E-state index contributed by atoms with van der Waals surface area (Å²) in [7, 11) is 0. The van der Waals surface area contributed by atoms with Crippen molar-refractivity contribution in [2.75, 3.05) is 13.2 Å². The second-order valence-corrected chi connectivity index (χ2v) is 8.46. The van der Waals surface area contributed by atoms with Gasteiger partial charge >= 0.3 is 11.9 Å². The summed E-state index contributed by atoms with van der Waals surface area (Å²) < 4.78 is 10.8. The first-order chi connectivity index (χ1) is 16.4. The lowest BCUT2D eigenvalue weighted by molar-refractivity contribution is -0.145. The van der Waals surface area contributed by atoms with E-state index in [0.29, 0.717) is 46.0 Å². The molecule has 1 aliphatic heterocycles. The van der Waals surface area contributed by atoms with Crippen LogP contribution < -0.4 is 0 Å². The van der Waals surface area contributed by atoms with Crippen LogP contribution in [0.4, 0.5) is 0 Å². The van der Waals surface area contributed by atoms with Gasteiger partial charge in [0.1, 0.15) is 0 Å². The predicted molar refractivity (Wildman–Crippen MR) is 128 cm³/mol. The summed E-state index contributed by atoms with van der Waals surface area (Å²) in [6, 6.07) is 14.6. The van der Waals surface area contributed by atoms with Gasteiger partial charge in [-0.3, -0.25) is 19.2 Å². The van der Waals surface area contributed by atoms with Gasteiger partial charge in [0.05, 0.1) is 26.1 Å². The highest BCUT2D eigenvalue weighted by Crippen LogP contribution is 2.38. The summed E-state index contributed by atoms with van der Waals surface area (Å²) in [5.41, 5.74) is 3.28. The number of rotatable bonds is 2. The Labute approximate surface area is 197 Å². The number of carbonyl (C=O) groups excluding carboxylic acids is 4. The van der Waals surface area contributed by atoms with Crippen LogP contribution in [0.25, 0.3) is 21.9 Å². The van der Waals surface area contributed by atoms with Gasteiger partial charge in [0.25, 0.3) is 0 Å². The summed E-state index contributed by atoms with van der Waals surface area (Å²) in [4.78, 5) is 50.7. The lowest BCUT2D eigenvalue weighted by atomic mass is 9.83. The van der Waals surface area contributed by atoms with Gasteiger partial charge in [0, 0.05) is 16.7 Å². The maximum absolute atomic E-state index is 12.9. The third-order valence-corrected chi connectivity index (χ3v) is 6.03. The number of fused-ring (bicyclic) bond motifs is 2. The van der Waals surface area contributed by atoms with Gasteiger partial charge < -0.3 is 9.47 Å². The topological polar surface area (TPSA) is 86.7 Å². The molecule has 174 valence electrons. The first-order valence-electron chi connectivity index (χ1n) is 11.4. The highest BCUT2D eigenvalue weighted by Gasteiger charge is 2.24. The zero-order valence-corrected chi connectivity index (χ0v) is 19.3. The average Bonchev–Trinajstić information content (AvgIpc) is 2.80. The Morgan fingerprint density at radius 3 is 2.00 bits per heavy atom. The van der Waals surface area contributed by atoms with Gasteiger partial charge in [-0.15, -0.1) is 0 Å². The molecule has 0 spiro atoms. The summed E-state index contributed by atoms with van der Waals surface area (Å²) >= 11 is 0. The Morgan fingerprint density at radius 2 is 1.35 bits per heavy atom. The summed E-state index contributed by atoms with van der Waals surface area (Å²) in [5.74, 6) is -1.26. The van der Waals surface area contributed by atoms with Gasteiger partial charge in [0.15, 0.2) is 11.6 Å². The minimum atomic E-state index is -0.381. The average molecular weight is 459 g/mol. The number of ketones is 2. The zero-order valence-electron chi connectivity index (χ0n) is 19.3. The predicted octanol–water partition coefficient (Wildman–Crippen LogP) is 4.88. The molecule has 3 aromatic carbocycles. The number of esters is 2. The number of cyclic esters (lactones) is 2. The lowest BCUT2D eigenvalue weighted by Crippen LogP contribution is -2.14. The fourth-order valence-corrected chi connectivity index (χ4v) is 4.47. The molecule has 0 atom stereocenters. The first-order valence-corrected chi connectivity index (χ1v) is 11.4. The van der Waals surface area contributed by atoms with E-state index in [1.54, 1.807) is 6.07 Å². The Balaban J connectivity index is 2.07. The van der Waals surface area contributed by atoms with E-state index in [-0.39, 0.29) is 55.1 Å². The zero-order chi connectivity index (χ0) is 24.2. The highest BCUT2D eigenvalue weighted by molar-refractivity contribution is 6.18. The molecule has 6 heteroatoms. The van der Waals surface area contributed by atoms with Crippen molar-refractivity contribution >= 4 is 34.3 Å². The number of benzene rings is 3. The normalized spacial score (nSPS) is 14.9. The summed E-state index contributed by atoms with van der Waals surface area (Å²) in [6.07, 6.45) is 1.26. The Hall–Kier alpha value is -3.80. The lowest BCUT2D eigenvalue weighted by Gasteiger charge is -2.20. The molecule has 0 amide bonds. The number of hydrogen-bond acceptors (Lipinski definition) is 6. The van der Waals surface area contributed by atoms with Gasteiger partial charge in [-0.1, -0.05) is 42.5 Å². The third kappa shape index (κ3) is 4.76. The molecule has 4 bridgehead atoms. The molecule has 34 heavy (non-hydrogen) atoms. The molecule has 0 unspecified atom stereocenters. The van der Waals surface area contributed by atoms with E-state index >= 15 is 0 Å². The van der Waals surface area contributed by atoms with E-state index < -0.39 is 0 Å². The van der Waals surface area contributed by atoms with Crippen molar-refractivity contribution < 1.29 is 28.7 Å². The van der Waals surface area contributed by atoms with Crippen molar-refractivity contribution in [3.8, 4) is 11.1 Å². The van der Waals surface area contributed by atoms with Crippen molar-refractivity contribution in [1.29, 1.82) is 0 Å². The van der Waals surface area contributed by atoms with Crippen LogP contribution in [-0.4, -0.2) is 36.7 Å². The maximum atomic E-state index is 12.9. The van der Waals surface area contributed by atoms with E-state index in [2.05, 4.69) is 0 Å². The molecule has 0 radical (unpaired) electrons. The summed E-state index contributed by atoms with van der Waals surface area (Å²) in [6.45, 7) is 3.33. The quantitative estimate of drug-likeness (QED) is 0.402. The van der Waals surface area contributed by atoms with Crippen LogP contribution in [0.2, 0.25) is 0 Å². The van der Waals surface area contributed by atoms with Crippen LogP contribution in [-0.2, 0) is 31.9 Å². The summed E-state index contributed by atoms with van der Waals surface area (Å²) in [5, 5.41) is 1.43. The van der Waals surface area contributed by atoms with E-state index in [0.717, 1.165) is 5.39 Å². The second kappa shape index (κ2) is 10.00. The Morgan fingerprint density at radius 1 is 0.735 bits per heavy atom. The van der Waals surface area contributed by atoms with E-state index in [4.69, 9.17) is 9.47 Å². The standard InChI is InChI=1S/C28H26O6/c1-17(29)23-16-24-20-9-7-11-22(24)28(27(23)18(2)30)21-10-4-3-8-19(21)14-25(31)33-12-5-6-13-34-26(32)15-20/h3-4,7-11,16H,5-6,12-15H2,1-2H3. The van der Waals surface area contributed by atoms with Gasteiger partial charge in [-0.25, -0.2) is 0 Å². The van der Waals surface area contributed by atoms with Crippen molar-refractivity contribution in [2.24, 2.45) is 0 Å². The maximum Gasteiger partial charge on any atom is 0.310 e. The molecule has 1 heterocycles. The van der Waals surface area contributed by atoms with Crippen molar-refractivity contribution in [3.63, 3.8) is 0 Å². The number of hydrogen-bond donors (Lipinski definition) is 0. The number of ether oxygens (including phenoxy) is 2. The van der Waals surface area contributed by atoms with Crippen LogP contribution in [0.15, 0.2) is 48.5 Å². The third-order valence-electron chi connectivity index (χ3n) is 6.03. The molecule has 3 aromatic rings. The minimum Gasteiger partial charge on any atom is -0.465 e. The van der Waals surface area contributed by atoms with Gasteiger partial charge in [0.2, 0.25) is 0 Å². The molecule has 4 rings (SSSR count). The second-order valence-electron chi connectivity index (χ2n) is 8.46. The van der Waals surface area contributed by atoms with Crippen LogP contribution in [0.3, 0.4) is 0 Å². The molecular formula is C28H26O6. The molecule has 0 saturated heterocycles. The molecule has 0 aromatic heterocycles. The van der Waals surface area contributed by atoms with Gasteiger partial charge in [-0.05, 0) is 60.2 Å². The smallest absolute Gasteiger partial charge is 0.310 e. The molecule has 0 N–H and O–H groups in total. The largest absolute Gasteiger partial charge is 0.465 e. The van der Waals surface area contributed by atoms with Crippen LogP contribution in [0.5, 0.6) is 0 Å². The Kier molecular flexibility index (Phi) is 6.87. The van der Waals surface area contributed by atoms with E-state index in [1.807, 2.05) is 42.5 Å². The van der Waals surface area contributed by atoms with Crippen molar-refractivity contribution in [3.05, 3.63) is 70.8 Å². The Bertz CT molecular complexity index is 1300. The first kappa shape index (κ1) is 23.4. The minimum absolute atomic E-state index is 0.0357. The highest BCUT2D eigenvalue weighted by atomic mass is 16.5. The van der Waals surface area contributed by atoms with Crippen molar-refractivity contribution in [1.82, 2.24) is 0 Å². The monoisotopic (exact) mass is 458 g/mol. The fraction of sp³-hybridized carbons (Fsp3) is 0.286. The van der Waals surface area contributed by atoms with Crippen LogP contribution >= 0.6 is 0 Å². The number of Topliss-reactive ketones (excluding diaryl/α,β-unsaturated/α-hetero) is 2. The number of carbonyl (C=O) groups is 4. The van der Waals surface area contributed by atoms with Gasteiger partial charge in [-0.2, -0.15) is 0 Å².